The minimum absolute atomic E-state index is 0.143. The number of nitrogens with one attached hydrogen (secondary N) is 1. The zero-order valence-electron chi connectivity index (χ0n) is 11.8. The number of hydrogen-bond donors (Lipinski definition) is 1. The molecule has 4 heteroatoms. The van der Waals surface area contributed by atoms with Crippen molar-refractivity contribution in [1.29, 1.82) is 0 Å². The molecule has 2 aromatic rings. The highest BCUT2D eigenvalue weighted by molar-refractivity contribution is 5.30. The largest absolute Gasteiger partial charge is 0.377 e. The Kier molecular flexibility index (Phi) is 4.35. The first-order valence-electron chi connectivity index (χ1n) is 6.45. The number of para-hydroxylation sites is 1. The Balaban J connectivity index is 1.92. The third-order valence-electron chi connectivity index (χ3n) is 3.09. The fourth-order valence-corrected chi connectivity index (χ4v) is 1.75. The predicted molar refractivity (Wildman–Crippen MR) is 76.4 cm³/mol. The Morgan fingerprint density at radius 3 is 2.68 bits per heavy atom. The summed E-state index contributed by atoms with van der Waals surface area (Å²) in [7, 11) is 1.73. The van der Waals surface area contributed by atoms with E-state index in [1.54, 1.807) is 7.11 Å². The SMILES string of the molecule is COC(C)(C)CNCc1cnn(-c2ccccc2)c1. The molecular formula is C15H21N3O. The molecule has 1 heterocycles. The Morgan fingerprint density at radius 2 is 2.00 bits per heavy atom. The molecule has 0 amide bonds. The van der Waals surface area contributed by atoms with E-state index in [-0.39, 0.29) is 5.60 Å². The van der Waals surface area contributed by atoms with Gasteiger partial charge in [-0.05, 0) is 26.0 Å². The molecule has 1 aromatic carbocycles. The summed E-state index contributed by atoms with van der Waals surface area (Å²) in [6, 6.07) is 10.1. The molecule has 0 fully saturated rings. The van der Waals surface area contributed by atoms with Crippen molar-refractivity contribution in [2.45, 2.75) is 26.0 Å². The molecule has 0 aliphatic carbocycles. The predicted octanol–water partition coefficient (Wildman–Crippen LogP) is 2.39. The van der Waals surface area contributed by atoms with Crippen LogP contribution in [0.15, 0.2) is 42.7 Å². The van der Waals surface area contributed by atoms with Gasteiger partial charge < -0.3 is 10.1 Å². The molecule has 0 aliphatic heterocycles. The maximum atomic E-state index is 5.37. The van der Waals surface area contributed by atoms with Crippen LogP contribution < -0.4 is 5.32 Å². The van der Waals surface area contributed by atoms with E-state index in [9.17, 15) is 0 Å². The number of nitrogens with zero attached hydrogens (tertiary/aromatic N) is 2. The molecule has 0 radical (unpaired) electrons. The van der Waals surface area contributed by atoms with Gasteiger partial charge >= 0.3 is 0 Å². The molecule has 19 heavy (non-hydrogen) atoms. The lowest BCUT2D eigenvalue weighted by atomic mass is 10.1. The van der Waals surface area contributed by atoms with E-state index < -0.39 is 0 Å². The van der Waals surface area contributed by atoms with Crippen LogP contribution in [-0.4, -0.2) is 29.0 Å². The number of benzene rings is 1. The summed E-state index contributed by atoms with van der Waals surface area (Å²) in [4.78, 5) is 0. The zero-order chi connectivity index (χ0) is 13.7. The summed E-state index contributed by atoms with van der Waals surface area (Å²) >= 11 is 0. The average molecular weight is 259 g/mol. The van der Waals surface area contributed by atoms with Crippen molar-refractivity contribution < 1.29 is 4.74 Å². The lowest BCUT2D eigenvalue weighted by Crippen LogP contribution is -2.36. The molecule has 2 rings (SSSR count). The standard InChI is InChI=1S/C15H21N3O/c1-15(2,19-3)12-16-9-13-10-17-18(11-13)14-7-5-4-6-8-14/h4-8,10-11,16H,9,12H2,1-3H3. The van der Waals surface area contributed by atoms with Crippen molar-refractivity contribution >= 4 is 0 Å². The summed E-state index contributed by atoms with van der Waals surface area (Å²) in [6.45, 7) is 5.72. The summed E-state index contributed by atoms with van der Waals surface area (Å²) in [5, 5.41) is 7.75. The summed E-state index contributed by atoms with van der Waals surface area (Å²) in [5.74, 6) is 0. The van der Waals surface area contributed by atoms with Crippen LogP contribution in [0.4, 0.5) is 0 Å². The molecule has 0 atom stereocenters. The minimum Gasteiger partial charge on any atom is -0.377 e. The fourth-order valence-electron chi connectivity index (χ4n) is 1.75. The molecule has 4 nitrogen and oxygen atoms in total. The number of methoxy groups -OCH3 is 1. The number of ether oxygens (including phenoxy) is 1. The maximum absolute atomic E-state index is 5.37. The number of rotatable bonds is 6. The number of hydrogen-bond acceptors (Lipinski definition) is 3. The van der Waals surface area contributed by atoms with Crippen molar-refractivity contribution in [3.63, 3.8) is 0 Å². The monoisotopic (exact) mass is 259 g/mol. The Labute approximate surface area is 114 Å². The second-order valence-electron chi connectivity index (χ2n) is 5.20. The van der Waals surface area contributed by atoms with Crippen LogP contribution in [0.1, 0.15) is 19.4 Å². The zero-order valence-corrected chi connectivity index (χ0v) is 11.8. The first kappa shape index (κ1) is 13.8. The first-order chi connectivity index (χ1) is 9.11. The second-order valence-corrected chi connectivity index (χ2v) is 5.20. The van der Waals surface area contributed by atoms with Gasteiger partial charge in [-0.1, -0.05) is 18.2 Å². The van der Waals surface area contributed by atoms with Crippen LogP contribution >= 0.6 is 0 Å². The topological polar surface area (TPSA) is 39.1 Å². The lowest BCUT2D eigenvalue weighted by molar-refractivity contribution is 0.0230. The Bertz CT molecular complexity index is 505. The summed E-state index contributed by atoms with van der Waals surface area (Å²) in [6.07, 6.45) is 3.93. The summed E-state index contributed by atoms with van der Waals surface area (Å²) < 4.78 is 7.25. The van der Waals surface area contributed by atoms with Gasteiger partial charge in [-0.3, -0.25) is 0 Å². The van der Waals surface area contributed by atoms with Gasteiger partial charge in [0.1, 0.15) is 0 Å². The normalized spacial score (nSPS) is 11.7. The molecule has 0 saturated heterocycles. The van der Waals surface area contributed by atoms with Crippen molar-refractivity contribution in [1.82, 2.24) is 15.1 Å². The lowest BCUT2D eigenvalue weighted by Gasteiger charge is -2.22. The Morgan fingerprint density at radius 1 is 1.26 bits per heavy atom. The van der Waals surface area contributed by atoms with E-state index in [1.165, 1.54) is 0 Å². The van der Waals surface area contributed by atoms with Gasteiger partial charge in [0.25, 0.3) is 0 Å². The summed E-state index contributed by atoms with van der Waals surface area (Å²) in [5.41, 5.74) is 2.09. The van der Waals surface area contributed by atoms with Gasteiger partial charge in [0.2, 0.25) is 0 Å². The van der Waals surface area contributed by atoms with Gasteiger partial charge in [-0.2, -0.15) is 5.10 Å². The van der Waals surface area contributed by atoms with Crippen molar-refractivity contribution in [3.05, 3.63) is 48.3 Å². The molecule has 0 spiro atoms. The van der Waals surface area contributed by atoms with E-state index in [0.29, 0.717) is 0 Å². The van der Waals surface area contributed by atoms with Gasteiger partial charge in [-0.25, -0.2) is 4.68 Å². The average Bonchev–Trinajstić information content (AvgIpc) is 2.88. The Hall–Kier alpha value is -1.65. The van der Waals surface area contributed by atoms with E-state index in [0.717, 1.165) is 24.3 Å². The van der Waals surface area contributed by atoms with Crippen LogP contribution in [0.2, 0.25) is 0 Å². The molecule has 1 N–H and O–H groups in total. The third kappa shape index (κ3) is 3.91. The molecular weight excluding hydrogens is 238 g/mol. The highest BCUT2D eigenvalue weighted by Crippen LogP contribution is 2.08. The van der Waals surface area contributed by atoms with Crippen LogP contribution in [0.5, 0.6) is 0 Å². The van der Waals surface area contributed by atoms with Crippen LogP contribution in [0, 0.1) is 0 Å². The molecule has 1 aromatic heterocycles. The highest BCUT2D eigenvalue weighted by atomic mass is 16.5. The second kappa shape index (κ2) is 5.99. The van der Waals surface area contributed by atoms with E-state index in [2.05, 4.69) is 24.3 Å². The maximum Gasteiger partial charge on any atom is 0.0746 e. The van der Waals surface area contributed by atoms with Crippen LogP contribution in [-0.2, 0) is 11.3 Å². The van der Waals surface area contributed by atoms with Crippen molar-refractivity contribution in [2.75, 3.05) is 13.7 Å². The van der Waals surface area contributed by atoms with Crippen LogP contribution in [0.25, 0.3) is 5.69 Å². The minimum atomic E-state index is -0.143. The third-order valence-corrected chi connectivity index (χ3v) is 3.09. The number of aromatic nitrogens is 2. The molecule has 0 bridgehead atoms. The van der Waals surface area contributed by atoms with E-state index in [4.69, 9.17) is 4.74 Å². The van der Waals surface area contributed by atoms with E-state index >= 15 is 0 Å². The quantitative estimate of drug-likeness (QED) is 0.865. The molecule has 102 valence electrons. The van der Waals surface area contributed by atoms with Crippen molar-refractivity contribution in [2.24, 2.45) is 0 Å². The molecule has 0 aliphatic rings. The molecule has 0 unspecified atom stereocenters. The van der Waals surface area contributed by atoms with Crippen molar-refractivity contribution in [3.8, 4) is 5.69 Å². The smallest absolute Gasteiger partial charge is 0.0746 e. The van der Waals surface area contributed by atoms with Crippen LogP contribution in [0.3, 0.4) is 0 Å². The highest BCUT2D eigenvalue weighted by Gasteiger charge is 2.15. The van der Waals surface area contributed by atoms with Gasteiger partial charge in [0, 0.05) is 32.0 Å². The van der Waals surface area contributed by atoms with Gasteiger partial charge in [0.15, 0.2) is 0 Å². The van der Waals surface area contributed by atoms with Gasteiger partial charge in [0.05, 0.1) is 17.5 Å². The fraction of sp³-hybridized carbons (Fsp3) is 0.400. The first-order valence-corrected chi connectivity index (χ1v) is 6.45. The van der Waals surface area contributed by atoms with Gasteiger partial charge in [-0.15, -0.1) is 0 Å². The molecule has 0 saturated carbocycles. The van der Waals surface area contributed by atoms with E-state index in [1.807, 2.05) is 47.4 Å².